The van der Waals surface area contributed by atoms with E-state index < -0.39 is 0 Å². The van der Waals surface area contributed by atoms with Gasteiger partial charge in [-0.25, -0.2) is 4.98 Å². The Morgan fingerprint density at radius 3 is 2.97 bits per heavy atom. The number of aromatic nitrogens is 4. The fourth-order valence-electron chi connectivity index (χ4n) is 4.04. The van der Waals surface area contributed by atoms with Crippen LogP contribution in [0.25, 0.3) is 27.9 Å². The van der Waals surface area contributed by atoms with Crippen molar-refractivity contribution in [2.75, 3.05) is 20.3 Å². The Morgan fingerprint density at radius 2 is 2.17 bits per heavy atom. The van der Waals surface area contributed by atoms with Gasteiger partial charge >= 0.3 is 5.97 Å². The quantitative estimate of drug-likeness (QED) is 0.635. The lowest BCUT2D eigenvalue weighted by Gasteiger charge is -2.33. The summed E-state index contributed by atoms with van der Waals surface area (Å²) >= 11 is 0. The summed E-state index contributed by atoms with van der Waals surface area (Å²) in [7, 11) is 1.43. The van der Waals surface area contributed by atoms with Gasteiger partial charge in [0.1, 0.15) is 0 Å². The average molecular weight is 390 g/mol. The minimum atomic E-state index is -0.135. The van der Waals surface area contributed by atoms with Crippen LogP contribution in [0.2, 0.25) is 0 Å². The largest absolute Gasteiger partial charge is 0.469 e. The number of hydrogen-bond acceptors (Lipinski definition) is 6. The van der Waals surface area contributed by atoms with Crippen LogP contribution in [0.15, 0.2) is 42.9 Å². The lowest BCUT2D eigenvalue weighted by atomic mass is 9.80. The van der Waals surface area contributed by atoms with Gasteiger partial charge in [-0.15, -0.1) is 0 Å². The third kappa shape index (κ3) is 3.31. The van der Waals surface area contributed by atoms with Crippen LogP contribution < -0.4 is 0 Å². The van der Waals surface area contributed by atoms with Crippen molar-refractivity contribution < 1.29 is 14.3 Å². The topological polar surface area (TPSA) is 79.1 Å². The standard InChI is InChI=1S/C22H22N4O3/c1-28-22(27)15-9-17(10-15)26-13-16(11-24-26)20-12-23-21-18(3-2-4-19(21)25-20)14-5-7-29-8-6-14/h2-5,11-13,15,17H,6-10H2,1H3. The second-order valence-electron chi connectivity index (χ2n) is 7.54. The molecular formula is C22H22N4O3. The molecule has 0 N–H and O–H groups in total. The lowest BCUT2D eigenvalue weighted by molar-refractivity contribution is -0.149. The number of para-hydroxylation sites is 1. The third-order valence-electron chi connectivity index (χ3n) is 5.80. The number of hydrogen-bond donors (Lipinski definition) is 0. The smallest absolute Gasteiger partial charge is 0.308 e. The molecule has 1 aromatic carbocycles. The van der Waals surface area contributed by atoms with Gasteiger partial charge in [0.05, 0.1) is 61.4 Å². The zero-order chi connectivity index (χ0) is 19.8. The number of ether oxygens (including phenoxy) is 2. The van der Waals surface area contributed by atoms with E-state index in [4.69, 9.17) is 19.4 Å². The Bertz CT molecular complexity index is 1100. The van der Waals surface area contributed by atoms with Gasteiger partial charge in [-0.1, -0.05) is 18.2 Å². The molecule has 0 unspecified atom stereocenters. The molecule has 0 amide bonds. The minimum absolute atomic E-state index is 0.0176. The maximum atomic E-state index is 11.6. The molecule has 1 aliphatic carbocycles. The van der Waals surface area contributed by atoms with E-state index in [0.29, 0.717) is 6.61 Å². The monoisotopic (exact) mass is 390 g/mol. The van der Waals surface area contributed by atoms with E-state index in [0.717, 1.165) is 53.7 Å². The van der Waals surface area contributed by atoms with Gasteiger partial charge in [0.25, 0.3) is 0 Å². The Balaban J connectivity index is 1.40. The molecule has 7 heteroatoms. The van der Waals surface area contributed by atoms with Crippen molar-refractivity contribution in [3.8, 4) is 11.3 Å². The first-order chi connectivity index (χ1) is 14.2. The summed E-state index contributed by atoms with van der Waals surface area (Å²) in [6, 6.07) is 6.34. The van der Waals surface area contributed by atoms with Crippen molar-refractivity contribution in [2.24, 2.45) is 5.92 Å². The van der Waals surface area contributed by atoms with Crippen LogP contribution in [0, 0.1) is 5.92 Å². The molecular weight excluding hydrogens is 368 g/mol. The fourth-order valence-corrected chi connectivity index (χ4v) is 4.04. The number of carbonyl (C=O) groups is 1. The van der Waals surface area contributed by atoms with Crippen LogP contribution in [0.4, 0.5) is 0 Å². The van der Waals surface area contributed by atoms with Gasteiger partial charge in [0.15, 0.2) is 0 Å². The summed E-state index contributed by atoms with van der Waals surface area (Å²) in [5, 5.41) is 4.48. The van der Waals surface area contributed by atoms with E-state index in [1.165, 1.54) is 12.7 Å². The molecule has 3 heterocycles. The van der Waals surface area contributed by atoms with Crippen molar-refractivity contribution >= 4 is 22.6 Å². The number of fused-ring (bicyclic) bond motifs is 1. The molecule has 0 spiro atoms. The van der Waals surface area contributed by atoms with Crippen LogP contribution in [-0.2, 0) is 14.3 Å². The number of benzene rings is 1. The van der Waals surface area contributed by atoms with E-state index in [1.807, 2.05) is 35.4 Å². The predicted molar refractivity (Wildman–Crippen MR) is 108 cm³/mol. The van der Waals surface area contributed by atoms with E-state index in [-0.39, 0.29) is 17.9 Å². The SMILES string of the molecule is COC(=O)C1CC(n2cc(-c3cnc4c(C5=CCOCC5)cccc4n3)cn2)C1. The van der Waals surface area contributed by atoms with Crippen LogP contribution in [0.1, 0.15) is 30.9 Å². The predicted octanol–water partition coefficient (Wildman–Crippen LogP) is 3.42. The van der Waals surface area contributed by atoms with Gasteiger partial charge < -0.3 is 9.47 Å². The first-order valence-corrected chi connectivity index (χ1v) is 9.88. The summed E-state index contributed by atoms with van der Waals surface area (Å²) in [6.07, 6.45) is 10.1. The van der Waals surface area contributed by atoms with Crippen LogP contribution >= 0.6 is 0 Å². The van der Waals surface area contributed by atoms with Crippen molar-refractivity contribution in [1.29, 1.82) is 0 Å². The molecule has 7 nitrogen and oxygen atoms in total. The minimum Gasteiger partial charge on any atom is -0.469 e. The maximum Gasteiger partial charge on any atom is 0.308 e. The summed E-state index contributed by atoms with van der Waals surface area (Å²) in [6.45, 7) is 1.39. The zero-order valence-electron chi connectivity index (χ0n) is 16.2. The first-order valence-electron chi connectivity index (χ1n) is 9.88. The normalized spacial score (nSPS) is 21.5. The molecule has 1 saturated carbocycles. The summed E-state index contributed by atoms with van der Waals surface area (Å²) < 4.78 is 12.2. The number of nitrogens with zero attached hydrogens (tertiary/aromatic N) is 4. The molecule has 1 fully saturated rings. The molecule has 2 aromatic heterocycles. The van der Waals surface area contributed by atoms with Gasteiger partial charge in [-0.2, -0.15) is 5.10 Å². The highest BCUT2D eigenvalue weighted by Crippen LogP contribution is 2.38. The van der Waals surface area contributed by atoms with Crippen LogP contribution in [-0.4, -0.2) is 46.0 Å². The van der Waals surface area contributed by atoms with E-state index >= 15 is 0 Å². The summed E-state index contributed by atoms with van der Waals surface area (Å²) in [5.41, 5.74) is 5.90. The molecule has 0 bridgehead atoms. The zero-order valence-corrected chi connectivity index (χ0v) is 16.2. The number of methoxy groups -OCH3 is 1. The lowest BCUT2D eigenvalue weighted by Crippen LogP contribution is -2.33. The molecule has 2 aliphatic rings. The fraction of sp³-hybridized carbons (Fsp3) is 0.364. The van der Waals surface area contributed by atoms with E-state index in [2.05, 4.69) is 17.2 Å². The second-order valence-corrected chi connectivity index (χ2v) is 7.54. The van der Waals surface area contributed by atoms with Crippen LogP contribution in [0.5, 0.6) is 0 Å². The maximum absolute atomic E-state index is 11.6. The molecule has 148 valence electrons. The van der Waals surface area contributed by atoms with Crippen molar-refractivity contribution in [3.05, 3.63) is 48.4 Å². The summed E-state index contributed by atoms with van der Waals surface area (Å²) in [4.78, 5) is 21.1. The first kappa shape index (κ1) is 18.0. The number of esters is 1. The van der Waals surface area contributed by atoms with Gasteiger partial charge in [0.2, 0.25) is 0 Å². The molecule has 5 rings (SSSR count). The van der Waals surface area contributed by atoms with Gasteiger partial charge in [-0.3, -0.25) is 14.5 Å². The third-order valence-corrected chi connectivity index (χ3v) is 5.80. The van der Waals surface area contributed by atoms with Crippen LogP contribution in [0.3, 0.4) is 0 Å². The molecule has 0 radical (unpaired) electrons. The van der Waals surface area contributed by atoms with Crippen molar-refractivity contribution in [1.82, 2.24) is 19.7 Å². The Hall–Kier alpha value is -3.06. The van der Waals surface area contributed by atoms with E-state index in [1.54, 1.807) is 0 Å². The van der Waals surface area contributed by atoms with Crippen molar-refractivity contribution in [2.45, 2.75) is 25.3 Å². The summed E-state index contributed by atoms with van der Waals surface area (Å²) in [5.74, 6) is -0.152. The Labute approximate surface area is 168 Å². The highest BCUT2D eigenvalue weighted by atomic mass is 16.5. The molecule has 1 aliphatic heterocycles. The Kier molecular flexibility index (Phi) is 4.60. The van der Waals surface area contributed by atoms with Gasteiger partial charge in [0, 0.05) is 17.3 Å². The highest BCUT2D eigenvalue weighted by molar-refractivity contribution is 5.89. The van der Waals surface area contributed by atoms with Crippen molar-refractivity contribution in [3.63, 3.8) is 0 Å². The molecule has 29 heavy (non-hydrogen) atoms. The molecule has 0 atom stereocenters. The number of carbonyl (C=O) groups excluding carboxylic acids is 1. The molecule has 0 saturated heterocycles. The van der Waals surface area contributed by atoms with Gasteiger partial charge in [-0.05, 0) is 30.9 Å². The highest BCUT2D eigenvalue weighted by Gasteiger charge is 2.36. The van der Waals surface area contributed by atoms with E-state index in [9.17, 15) is 4.79 Å². The average Bonchev–Trinajstić information content (AvgIpc) is 3.22. The number of rotatable bonds is 4. The second kappa shape index (κ2) is 7.40. The Morgan fingerprint density at radius 1 is 1.28 bits per heavy atom. The molecule has 3 aromatic rings.